The lowest BCUT2D eigenvalue weighted by Crippen LogP contribution is -2.41. The Balaban J connectivity index is 1.79. The highest BCUT2D eigenvalue weighted by atomic mass is 35.5. The van der Waals surface area contributed by atoms with Crippen molar-refractivity contribution in [1.82, 2.24) is 10.3 Å². The largest absolute Gasteiger partial charge is 0.451 e. The van der Waals surface area contributed by atoms with Crippen molar-refractivity contribution in [3.8, 4) is 0 Å². The molecule has 27 heavy (non-hydrogen) atoms. The molecular formula is C16H12ClN3O6S. The van der Waals surface area contributed by atoms with E-state index in [1.54, 1.807) is 18.2 Å². The van der Waals surface area contributed by atoms with Crippen molar-refractivity contribution >= 4 is 44.2 Å². The van der Waals surface area contributed by atoms with Crippen LogP contribution in [0.4, 0.5) is 5.69 Å². The van der Waals surface area contributed by atoms with Crippen LogP contribution in [0.1, 0.15) is 16.1 Å². The van der Waals surface area contributed by atoms with Crippen molar-refractivity contribution in [2.24, 2.45) is 0 Å². The Kier molecular flexibility index (Phi) is 4.87. The number of hydrogen-bond donors (Lipinski definition) is 2. The van der Waals surface area contributed by atoms with Crippen LogP contribution in [-0.4, -0.2) is 19.2 Å². The van der Waals surface area contributed by atoms with Crippen LogP contribution in [0.3, 0.4) is 0 Å². The molecule has 0 aliphatic rings. The summed E-state index contributed by atoms with van der Waals surface area (Å²) in [6, 6.07) is 9.56. The van der Waals surface area contributed by atoms with Gasteiger partial charge in [-0.05, 0) is 37.3 Å². The molecular weight excluding hydrogens is 398 g/mol. The fourth-order valence-corrected chi connectivity index (χ4v) is 3.35. The minimum Gasteiger partial charge on any atom is -0.451 e. The number of rotatable bonds is 5. The molecule has 2 N–H and O–H groups in total. The van der Waals surface area contributed by atoms with Gasteiger partial charge in [0.15, 0.2) is 5.76 Å². The van der Waals surface area contributed by atoms with Crippen molar-refractivity contribution in [3.63, 3.8) is 0 Å². The number of furan rings is 1. The van der Waals surface area contributed by atoms with E-state index in [2.05, 4.69) is 0 Å². The predicted molar refractivity (Wildman–Crippen MR) is 96.8 cm³/mol. The first-order chi connectivity index (χ1) is 12.7. The third-order valence-electron chi connectivity index (χ3n) is 3.69. The van der Waals surface area contributed by atoms with Gasteiger partial charge in [0.2, 0.25) is 0 Å². The van der Waals surface area contributed by atoms with Gasteiger partial charge in [0, 0.05) is 22.0 Å². The maximum absolute atomic E-state index is 12.3. The quantitative estimate of drug-likeness (QED) is 0.492. The molecule has 2 aromatic carbocycles. The maximum Gasteiger partial charge on any atom is 0.301 e. The molecule has 0 atom stereocenters. The minimum absolute atomic E-state index is 0.134. The Morgan fingerprint density at radius 2 is 1.93 bits per heavy atom. The number of benzene rings is 2. The van der Waals surface area contributed by atoms with Crippen LogP contribution >= 0.6 is 11.6 Å². The normalized spacial score (nSPS) is 11.5. The van der Waals surface area contributed by atoms with Crippen LogP contribution in [0, 0.1) is 17.0 Å². The first-order valence-corrected chi connectivity index (χ1v) is 9.30. The molecule has 0 radical (unpaired) electrons. The van der Waals surface area contributed by atoms with Crippen molar-refractivity contribution in [2.75, 3.05) is 0 Å². The molecule has 3 rings (SSSR count). The Morgan fingerprint density at radius 3 is 2.63 bits per heavy atom. The van der Waals surface area contributed by atoms with E-state index in [9.17, 15) is 23.3 Å². The molecule has 0 aliphatic heterocycles. The summed E-state index contributed by atoms with van der Waals surface area (Å²) < 4.78 is 29.9. The highest BCUT2D eigenvalue weighted by Crippen LogP contribution is 2.23. The van der Waals surface area contributed by atoms with Crippen molar-refractivity contribution in [2.45, 2.75) is 11.8 Å². The lowest BCUT2D eigenvalue weighted by atomic mass is 10.2. The summed E-state index contributed by atoms with van der Waals surface area (Å²) in [6.07, 6.45) is 0. The minimum atomic E-state index is -4.22. The number of halogens is 1. The standard InChI is InChI=1S/C16H12ClN3O6S/c1-9-2-4-12(8-13(9)20(22)23)27(24,25)19-18-16(21)15-7-10-6-11(17)3-5-14(10)26-15/h2-8,19H,1H3,(H,18,21). The number of nitrogens with one attached hydrogen (secondary N) is 2. The molecule has 9 nitrogen and oxygen atoms in total. The molecule has 140 valence electrons. The van der Waals surface area contributed by atoms with E-state index in [1.165, 1.54) is 25.1 Å². The molecule has 0 unspecified atom stereocenters. The summed E-state index contributed by atoms with van der Waals surface area (Å²) in [5.41, 5.74) is 2.37. The third-order valence-corrected chi connectivity index (χ3v) is 5.17. The van der Waals surface area contributed by atoms with Crippen LogP contribution < -0.4 is 10.3 Å². The topological polar surface area (TPSA) is 132 Å². The molecule has 0 aliphatic carbocycles. The van der Waals surface area contributed by atoms with Crippen molar-refractivity contribution in [1.29, 1.82) is 0 Å². The number of aryl methyl sites for hydroxylation is 1. The number of fused-ring (bicyclic) bond motifs is 1. The second-order valence-electron chi connectivity index (χ2n) is 5.56. The van der Waals surface area contributed by atoms with E-state index in [1.807, 2.05) is 10.3 Å². The SMILES string of the molecule is Cc1ccc(S(=O)(=O)NNC(=O)c2cc3cc(Cl)ccc3o2)cc1[N+](=O)[O-]. The molecule has 1 amide bonds. The lowest BCUT2D eigenvalue weighted by Gasteiger charge is -2.08. The molecule has 0 saturated heterocycles. The second-order valence-corrected chi connectivity index (χ2v) is 7.68. The summed E-state index contributed by atoms with van der Waals surface area (Å²) in [4.78, 5) is 23.9. The smallest absolute Gasteiger partial charge is 0.301 e. The van der Waals surface area contributed by atoms with Crippen LogP contribution in [0.5, 0.6) is 0 Å². The van der Waals surface area contributed by atoms with E-state index in [0.29, 0.717) is 21.6 Å². The number of hydrazine groups is 1. The summed E-state index contributed by atoms with van der Waals surface area (Å²) in [6.45, 7) is 1.48. The number of nitrogens with zero attached hydrogens (tertiary/aromatic N) is 1. The molecule has 0 bridgehead atoms. The molecule has 0 saturated carbocycles. The van der Waals surface area contributed by atoms with Crippen LogP contribution in [0.2, 0.25) is 5.02 Å². The van der Waals surface area contributed by atoms with E-state index in [0.717, 1.165) is 6.07 Å². The number of hydrogen-bond acceptors (Lipinski definition) is 6. The van der Waals surface area contributed by atoms with Crippen LogP contribution in [-0.2, 0) is 10.0 Å². The van der Waals surface area contributed by atoms with Gasteiger partial charge >= 0.3 is 5.91 Å². The Labute approximate surface area is 158 Å². The zero-order valence-corrected chi connectivity index (χ0v) is 15.3. The zero-order chi connectivity index (χ0) is 19.8. The Bertz CT molecular complexity index is 1170. The van der Waals surface area contributed by atoms with E-state index in [4.69, 9.17) is 16.0 Å². The monoisotopic (exact) mass is 409 g/mol. The first-order valence-electron chi connectivity index (χ1n) is 7.44. The summed E-state index contributed by atoms with van der Waals surface area (Å²) in [7, 11) is -4.22. The lowest BCUT2D eigenvalue weighted by molar-refractivity contribution is -0.385. The summed E-state index contributed by atoms with van der Waals surface area (Å²) in [5, 5.41) is 12.0. The van der Waals surface area contributed by atoms with Gasteiger partial charge < -0.3 is 4.42 Å². The number of amides is 1. The highest BCUT2D eigenvalue weighted by Gasteiger charge is 2.21. The van der Waals surface area contributed by atoms with E-state index in [-0.39, 0.29) is 16.3 Å². The number of sulfonamides is 1. The molecule has 1 heterocycles. The fraction of sp³-hybridized carbons (Fsp3) is 0.0625. The highest BCUT2D eigenvalue weighted by molar-refractivity contribution is 7.89. The Morgan fingerprint density at radius 1 is 1.19 bits per heavy atom. The molecule has 3 aromatic rings. The first kappa shape index (κ1) is 18.8. The van der Waals surface area contributed by atoms with Gasteiger partial charge in [-0.25, -0.2) is 8.42 Å². The van der Waals surface area contributed by atoms with Gasteiger partial charge in [-0.15, -0.1) is 4.83 Å². The molecule has 11 heteroatoms. The molecule has 0 spiro atoms. The van der Waals surface area contributed by atoms with Crippen molar-refractivity contribution < 1.29 is 22.6 Å². The van der Waals surface area contributed by atoms with Gasteiger partial charge in [0.25, 0.3) is 15.7 Å². The van der Waals surface area contributed by atoms with E-state index >= 15 is 0 Å². The van der Waals surface area contributed by atoms with Gasteiger partial charge in [-0.3, -0.25) is 20.3 Å². The Hall–Kier alpha value is -2.95. The predicted octanol–water partition coefficient (Wildman–Crippen LogP) is 2.93. The number of carbonyl (C=O) groups excluding carboxylic acids is 1. The van der Waals surface area contributed by atoms with Gasteiger partial charge in [-0.2, -0.15) is 0 Å². The van der Waals surface area contributed by atoms with Gasteiger partial charge in [0.05, 0.1) is 9.82 Å². The average Bonchev–Trinajstić information content (AvgIpc) is 3.02. The fourth-order valence-electron chi connectivity index (χ4n) is 2.31. The second kappa shape index (κ2) is 6.99. The number of carbonyl (C=O) groups is 1. The average molecular weight is 410 g/mol. The zero-order valence-electron chi connectivity index (χ0n) is 13.7. The van der Waals surface area contributed by atoms with E-state index < -0.39 is 20.9 Å². The molecule has 1 aromatic heterocycles. The van der Waals surface area contributed by atoms with Crippen LogP contribution in [0.25, 0.3) is 11.0 Å². The maximum atomic E-state index is 12.3. The van der Waals surface area contributed by atoms with Gasteiger partial charge in [0.1, 0.15) is 5.58 Å². The summed E-state index contributed by atoms with van der Waals surface area (Å²) >= 11 is 5.86. The van der Waals surface area contributed by atoms with Gasteiger partial charge in [-0.1, -0.05) is 17.7 Å². The number of nitro groups is 1. The van der Waals surface area contributed by atoms with Crippen molar-refractivity contribution in [3.05, 3.63) is 68.9 Å². The number of nitro benzene ring substituents is 1. The third kappa shape index (κ3) is 3.92. The molecule has 0 fully saturated rings. The van der Waals surface area contributed by atoms with Crippen LogP contribution in [0.15, 0.2) is 51.8 Å². The summed E-state index contributed by atoms with van der Waals surface area (Å²) in [5.74, 6) is -0.975.